The zero-order valence-electron chi connectivity index (χ0n) is 17.5. The molecule has 30 heavy (non-hydrogen) atoms. The van der Waals surface area contributed by atoms with Crippen LogP contribution in [0.4, 0.5) is 10.1 Å². The lowest BCUT2D eigenvalue weighted by atomic mass is 10.2. The molecule has 0 aliphatic heterocycles. The average molecular weight is 439 g/mol. The summed E-state index contributed by atoms with van der Waals surface area (Å²) in [6, 6.07) is 9.57. The summed E-state index contributed by atoms with van der Waals surface area (Å²) in [6.07, 6.45) is 0.935. The van der Waals surface area contributed by atoms with Crippen LogP contribution in [0.3, 0.4) is 0 Å². The number of hydrogen-bond acceptors (Lipinski definition) is 5. The summed E-state index contributed by atoms with van der Waals surface area (Å²) in [5.41, 5.74) is 0.571. The fourth-order valence-corrected chi connectivity index (χ4v) is 4.13. The van der Waals surface area contributed by atoms with E-state index in [0.717, 1.165) is 22.2 Å². The van der Waals surface area contributed by atoms with Crippen LogP contribution >= 0.6 is 0 Å². The van der Waals surface area contributed by atoms with E-state index in [1.165, 1.54) is 25.1 Å². The highest BCUT2D eigenvalue weighted by molar-refractivity contribution is 7.92. The van der Waals surface area contributed by atoms with Crippen LogP contribution in [0.15, 0.2) is 42.5 Å². The van der Waals surface area contributed by atoms with E-state index >= 15 is 0 Å². The molecule has 0 aromatic heterocycles. The van der Waals surface area contributed by atoms with Crippen LogP contribution in [0.5, 0.6) is 11.5 Å². The molecule has 0 fully saturated rings. The highest BCUT2D eigenvalue weighted by atomic mass is 32.2. The van der Waals surface area contributed by atoms with Gasteiger partial charge in [0, 0.05) is 6.54 Å². The van der Waals surface area contributed by atoms with Gasteiger partial charge in [-0.25, -0.2) is 12.8 Å². The number of carbonyl (C=O) groups is 1. The number of rotatable bonds is 10. The maximum Gasteiger partial charge on any atom is 0.243 e. The number of anilines is 1. The maximum atomic E-state index is 14.2. The van der Waals surface area contributed by atoms with Crippen molar-refractivity contribution in [3.05, 3.63) is 53.8 Å². The van der Waals surface area contributed by atoms with Crippen molar-refractivity contribution in [3.63, 3.8) is 0 Å². The van der Waals surface area contributed by atoms with Gasteiger partial charge >= 0.3 is 0 Å². The van der Waals surface area contributed by atoms with Crippen LogP contribution in [0.2, 0.25) is 0 Å². The molecular formula is C21H27FN2O5S. The second kappa shape index (κ2) is 10.3. The van der Waals surface area contributed by atoms with E-state index in [0.29, 0.717) is 24.7 Å². The lowest BCUT2D eigenvalue weighted by Gasteiger charge is -2.28. The molecule has 7 nitrogen and oxygen atoms in total. The minimum absolute atomic E-state index is 0.143. The molecule has 9 heteroatoms. The molecule has 0 heterocycles. The molecule has 2 aromatic carbocycles. The van der Waals surface area contributed by atoms with Crippen molar-refractivity contribution in [2.45, 2.75) is 33.4 Å². The van der Waals surface area contributed by atoms with Crippen LogP contribution in [0, 0.1) is 5.82 Å². The number of carbonyl (C=O) groups excluding carboxylic acids is 1. The van der Waals surface area contributed by atoms with E-state index in [1.54, 1.807) is 18.2 Å². The molecule has 2 rings (SSSR count). The number of para-hydroxylation sites is 1. The Morgan fingerprint density at radius 2 is 1.73 bits per heavy atom. The Balaban J connectivity index is 2.18. The first-order chi connectivity index (χ1) is 14.2. The number of amides is 1. The monoisotopic (exact) mass is 438 g/mol. The first-order valence-corrected chi connectivity index (χ1v) is 11.4. The molecule has 0 spiro atoms. The summed E-state index contributed by atoms with van der Waals surface area (Å²) in [5.74, 6) is -0.125. The number of sulfonamides is 1. The largest absolute Gasteiger partial charge is 0.490 e. The zero-order chi connectivity index (χ0) is 22.3. The summed E-state index contributed by atoms with van der Waals surface area (Å²) in [7, 11) is -3.90. The van der Waals surface area contributed by atoms with Crippen LogP contribution in [0.25, 0.3) is 0 Å². The van der Waals surface area contributed by atoms with Crippen molar-refractivity contribution in [1.29, 1.82) is 0 Å². The number of hydrogen-bond donors (Lipinski definition) is 1. The number of nitrogens with zero attached hydrogens (tertiary/aromatic N) is 1. The minimum Gasteiger partial charge on any atom is -0.490 e. The van der Waals surface area contributed by atoms with Gasteiger partial charge in [-0.1, -0.05) is 18.2 Å². The van der Waals surface area contributed by atoms with Gasteiger partial charge in [0.25, 0.3) is 0 Å². The third-order valence-corrected chi connectivity index (χ3v) is 5.48. The minimum atomic E-state index is -3.90. The molecule has 0 aliphatic carbocycles. The molecule has 1 amide bonds. The third kappa shape index (κ3) is 5.85. The van der Waals surface area contributed by atoms with Crippen LogP contribution in [-0.2, 0) is 21.4 Å². The predicted octanol–water partition coefficient (Wildman–Crippen LogP) is 3.09. The molecule has 1 N–H and O–H groups in total. The second-order valence-corrected chi connectivity index (χ2v) is 8.41. The maximum absolute atomic E-state index is 14.2. The van der Waals surface area contributed by atoms with Crippen molar-refractivity contribution < 1.29 is 27.1 Å². The Labute approximate surface area is 176 Å². The molecule has 0 aliphatic rings. The SMILES string of the molecule is CCOc1ccc(CNC(=O)[C@H](C)N(c2ccccc2F)S(C)(=O)=O)cc1OCC. The molecular weight excluding hydrogens is 411 g/mol. The van der Waals surface area contributed by atoms with Crippen molar-refractivity contribution in [2.75, 3.05) is 23.8 Å². The van der Waals surface area contributed by atoms with Crippen molar-refractivity contribution in [3.8, 4) is 11.5 Å². The van der Waals surface area contributed by atoms with Crippen molar-refractivity contribution in [2.24, 2.45) is 0 Å². The lowest BCUT2D eigenvalue weighted by Crippen LogP contribution is -2.48. The Morgan fingerprint density at radius 3 is 2.33 bits per heavy atom. The lowest BCUT2D eigenvalue weighted by molar-refractivity contribution is -0.122. The summed E-state index contributed by atoms with van der Waals surface area (Å²) < 4.78 is 50.6. The van der Waals surface area contributed by atoms with Crippen LogP contribution in [0.1, 0.15) is 26.3 Å². The Hall–Kier alpha value is -2.81. The van der Waals surface area contributed by atoms with Gasteiger partial charge in [-0.05, 0) is 50.6 Å². The molecule has 0 saturated carbocycles. The van der Waals surface area contributed by atoms with Gasteiger partial charge in [0.1, 0.15) is 11.9 Å². The highest BCUT2D eigenvalue weighted by Crippen LogP contribution is 2.29. The van der Waals surface area contributed by atoms with Crippen LogP contribution in [-0.4, -0.2) is 39.8 Å². The number of halogens is 1. The second-order valence-electron chi connectivity index (χ2n) is 6.55. The summed E-state index contributed by atoms with van der Waals surface area (Å²) in [5, 5.41) is 2.70. The Kier molecular flexibility index (Phi) is 8.05. The summed E-state index contributed by atoms with van der Waals surface area (Å²) >= 11 is 0. The number of ether oxygens (including phenoxy) is 2. The first-order valence-electron chi connectivity index (χ1n) is 9.59. The Morgan fingerprint density at radius 1 is 1.10 bits per heavy atom. The zero-order valence-corrected chi connectivity index (χ0v) is 18.3. The smallest absolute Gasteiger partial charge is 0.243 e. The molecule has 0 unspecified atom stereocenters. The molecule has 0 radical (unpaired) electrons. The fraction of sp³-hybridized carbons (Fsp3) is 0.381. The standard InChI is InChI=1S/C21H27FN2O5S/c1-5-28-19-12-11-16(13-20(19)29-6-2)14-23-21(25)15(3)24(30(4,26)27)18-10-8-7-9-17(18)22/h7-13,15H,5-6,14H2,1-4H3,(H,23,25)/t15-/m0/s1. The molecule has 1 atom stereocenters. The summed E-state index contributed by atoms with van der Waals surface area (Å²) in [4.78, 5) is 12.7. The van der Waals surface area contributed by atoms with Gasteiger partial charge in [-0.15, -0.1) is 0 Å². The fourth-order valence-electron chi connectivity index (χ4n) is 2.95. The molecule has 2 aromatic rings. The topological polar surface area (TPSA) is 84.9 Å². The molecule has 0 bridgehead atoms. The van der Waals surface area contributed by atoms with E-state index < -0.39 is 27.8 Å². The van der Waals surface area contributed by atoms with Gasteiger partial charge in [-0.2, -0.15) is 0 Å². The number of benzene rings is 2. The third-order valence-electron chi connectivity index (χ3n) is 4.25. The van der Waals surface area contributed by atoms with E-state index in [4.69, 9.17) is 9.47 Å². The highest BCUT2D eigenvalue weighted by Gasteiger charge is 2.30. The van der Waals surface area contributed by atoms with Gasteiger partial charge in [0.15, 0.2) is 11.5 Å². The van der Waals surface area contributed by atoms with Gasteiger partial charge < -0.3 is 14.8 Å². The predicted molar refractivity (Wildman–Crippen MR) is 114 cm³/mol. The van der Waals surface area contributed by atoms with E-state index in [-0.39, 0.29) is 12.2 Å². The van der Waals surface area contributed by atoms with E-state index in [2.05, 4.69) is 5.32 Å². The first kappa shape index (κ1) is 23.5. The van der Waals surface area contributed by atoms with Crippen molar-refractivity contribution in [1.82, 2.24) is 5.32 Å². The Bertz CT molecular complexity index is 981. The molecule has 0 saturated heterocycles. The van der Waals surface area contributed by atoms with Crippen molar-refractivity contribution >= 4 is 21.6 Å². The van der Waals surface area contributed by atoms with Gasteiger partial charge in [-0.3, -0.25) is 9.10 Å². The summed E-state index contributed by atoms with van der Waals surface area (Å²) in [6.45, 7) is 6.23. The van der Waals surface area contributed by atoms with Gasteiger partial charge in [0.2, 0.25) is 15.9 Å². The normalized spacial score (nSPS) is 12.2. The number of nitrogens with one attached hydrogen (secondary N) is 1. The van der Waals surface area contributed by atoms with E-state index in [9.17, 15) is 17.6 Å². The molecule has 164 valence electrons. The van der Waals surface area contributed by atoms with Gasteiger partial charge in [0.05, 0.1) is 25.2 Å². The quantitative estimate of drug-likeness (QED) is 0.616. The average Bonchev–Trinajstić information content (AvgIpc) is 2.68. The van der Waals surface area contributed by atoms with E-state index in [1.807, 2.05) is 13.8 Å². The van der Waals surface area contributed by atoms with Crippen LogP contribution < -0.4 is 19.1 Å².